The third-order valence-corrected chi connectivity index (χ3v) is 8.69. The number of methoxy groups -OCH3 is 1. The Morgan fingerprint density at radius 3 is 2.56 bits per heavy atom. The molecule has 3 aromatic carbocycles. The summed E-state index contributed by atoms with van der Waals surface area (Å²) in [7, 11) is 1.73. The Balaban J connectivity index is 1.21. The fraction of sp³-hybridized carbons (Fsp3) is 0.424. The summed E-state index contributed by atoms with van der Waals surface area (Å²) in [6.45, 7) is 6.86. The molecule has 2 atom stereocenters. The van der Waals surface area contributed by atoms with Crippen molar-refractivity contribution in [2.75, 3.05) is 51.3 Å². The Hall–Kier alpha value is -3.13. The van der Waals surface area contributed by atoms with E-state index >= 15 is 0 Å². The smallest absolute Gasteiger partial charge is 0.220 e. The van der Waals surface area contributed by atoms with Gasteiger partial charge in [0.2, 0.25) is 5.91 Å². The van der Waals surface area contributed by atoms with E-state index in [9.17, 15) is 9.18 Å². The van der Waals surface area contributed by atoms with E-state index < -0.39 is 0 Å². The van der Waals surface area contributed by atoms with E-state index in [0.29, 0.717) is 23.9 Å². The summed E-state index contributed by atoms with van der Waals surface area (Å²) >= 11 is 6.25. The van der Waals surface area contributed by atoms with Gasteiger partial charge in [-0.1, -0.05) is 54.1 Å². The molecule has 3 aromatic rings. The van der Waals surface area contributed by atoms with Crippen LogP contribution in [0.2, 0.25) is 5.02 Å². The van der Waals surface area contributed by atoms with Crippen molar-refractivity contribution in [3.05, 3.63) is 94.8 Å². The standard InChI is InChI=1S/C33H40ClFN4O2/c1-41-32-12-5-4-11-31(32)39-19-17-38(18-20-39)30-15-16-37(23-25-7-6-9-28(34)21-25)24-27(30)13-14-33(40)36-22-26-8-2-3-10-29(26)35/h2-12,21,27,30H,13-20,22-24H2,1H3,(H,36,40)/t27-,30+/m0/s1. The Morgan fingerprint density at radius 1 is 1.00 bits per heavy atom. The molecule has 218 valence electrons. The quantitative estimate of drug-likeness (QED) is 0.339. The molecule has 2 saturated heterocycles. The number of amides is 1. The molecule has 2 fully saturated rings. The van der Waals surface area contributed by atoms with E-state index in [1.54, 1.807) is 25.3 Å². The third kappa shape index (κ3) is 7.79. The molecule has 2 aliphatic rings. The number of para-hydroxylation sites is 2. The largest absolute Gasteiger partial charge is 0.495 e. The molecule has 5 rings (SSSR count). The van der Waals surface area contributed by atoms with Crippen molar-refractivity contribution >= 4 is 23.2 Å². The van der Waals surface area contributed by atoms with Crippen LogP contribution in [0.5, 0.6) is 5.75 Å². The SMILES string of the molecule is COc1ccccc1N1CCN([C@@H]2CCN(Cc3cccc(Cl)c3)C[C@@H]2CCC(=O)NCc2ccccc2F)CC1. The van der Waals surface area contributed by atoms with Crippen LogP contribution in [0, 0.1) is 11.7 Å². The maximum absolute atomic E-state index is 14.0. The van der Waals surface area contributed by atoms with E-state index in [0.717, 1.165) is 75.1 Å². The lowest BCUT2D eigenvalue weighted by atomic mass is 9.86. The zero-order valence-corrected chi connectivity index (χ0v) is 24.5. The lowest BCUT2D eigenvalue weighted by Gasteiger charge is -2.47. The summed E-state index contributed by atoms with van der Waals surface area (Å²) in [5.74, 6) is 0.957. The predicted octanol–water partition coefficient (Wildman–Crippen LogP) is 5.60. The summed E-state index contributed by atoms with van der Waals surface area (Å²) in [4.78, 5) is 20.4. The van der Waals surface area contributed by atoms with Gasteiger partial charge in [0.1, 0.15) is 11.6 Å². The highest BCUT2D eigenvalue weighted by molar-refractivity contribution is 6.30. The maximum atomic E-state index is 14.0. The first-order chi connectivity index (χ1) is 20.0. The van der Waals surface area contributed by atoms with E-state index in [1.807, 2.05) is 30.3 Å². The number of carbonyl (C=O) groups is 1. The second-order valence-electron chi connectivity index (χ2n) is 11.1. The van der Waals surface area contributed by atoms with Gasteiger partial charge in [0.15, 0.2) is 0 Å². The van der Waals surface area contributed by atoms with Crippen LogP contribution in [0.15, 0.2) is 72.8 Å². The van der Waals surface area contributed by atoms with Gasteiger partial charge in [-0.25, -0.2) is 4.39 Å². The number of nitrogens with zero attached hydrogens (tertiary/aromatic N) is 3. The Bertz CT molecular complexity index is 1300. The number of likely N-dealkylation sites (tertiary alicyclic amines) is 1. The van der Waals surface area contributed by atoms with E-state index in [1.165, 1.54) is 11.6 Å². The van der Waals surface area contributed by atoms with Gasteiger partial charge in [-0.2, -0.15) is 0 Å². The third-order valence-electron chi connectivity index (χ3n) is 8.46. The molecule has 1 amide bonds. The highest BCUT2D eigenvalue weighted by atomic mass is 35.5. The van der Waals surface area contributed by atoms with Gasteiger partial charge >= 0.3 is 0 Å². The van der Waals surface area contributed by atoms with Gasteiger partial charge in [0.25, 0.3) is 0 Å². The zero-order valence-electron chi connectivity index (χ0n) is 23.8. The van der Waals surface area contributed by atoms with Crippen molar-refractivity contribution in [2.24, 2.45) is 5.92 Å². The minimum Gasteiger partial charge on any atom is -0.495 e. The van der Waals surface area contributed by atoms with Crippen LogP contribution in [0.25, 0.3) is 0 Å². The van der Waals surface area contributed by atoms with Crippen LogP contribution >= 0.6 is 11.6 Å². The molecule has 41 heavy (non-hydrogen) atoms. The number of anilines is 1. The zero-order chi connectivity index (χ0) is 28.6. The lowest BCUT2D eigenvalue weighted by molar-refractivity contribution is -0.121. The Kier molecular flexibility index (Phi) is 10.1. The van der Waals surface area contributed by atoms with Gasteiger partial charge in [-0.05, 0) is 61.2 Å². The summed E-state index contributed by atoms with van der Waals surface area (Å²) in [6, 6.07) is 23.3. The van der Waals surface area contributed by atoms with Crippen LogP contribution in [0.4, 0.5) is 10.1 Å². The van der Waals surface area contributed by atoms with Crippen molar-refractivity contribution in [1.29, 1.82) is 0 Å². The summed E-state index contributed by atoms with van der Waals surface area (Å²) in [6.07, 6.45) is 2.30. The van der Waals surface area contributed by atoms with Crippen LogP contribution in [-0.2, 0) is 17.9 Å². The summed E-state index contributed by atoms with van der Waals surface area (Å²) in [5, 5.41) is 3.68. The number of rotatable bonds is 10. The van der Waals surface area contributed by atoms with Crippen molar-refractivity contribution in [2.45, 2.75) is 38.4 Å². The molecular formula is C33H40ClFN4O2. The number of hydrogen-bond acceptors (Lipinski definition) is 5. The van der Waals surface area contributed by atoms with Crippen molar-refractivity contribution in [1.82, 2.24) is 15.1 Å². The molecule has 0 saturated carbocycles. The molecule has 0 radical (unpaired) electrons. The first-order valence-corrected chi connectivity index (χ1v) is 15.0. The van der Waals surface area contributed by atoms with E-state index in [2.05, 4.69) is 38.2 Å². The Labute approximate surface area is 248 Å². The first kappa shape index (κ1) is 29.4. The molecule has 0 aromatic heterocycles. The highest BCUT2D eigenvalue weighted by Gasteiger charge is 2.35. The average molecular weight is 579 g/mol. The normalized spacial score (nSPS) is 20.1. The van der Waals surface area contributed by atoms with Gasteiger partial charge < -0.3 is 15.0 Å². The number of piperidine rings is 1. The van der Waals surface area contributed by atoms with Gasteiger partial charge in [-0.3, -0.25) is 14.6 Å². The van der Waals surface area contributed by atoms with E-state index in [-0.39, 0.29) is 18.3 Å². The molecule has 8 heteroatoms. The van der Waals surface area contributed by atoms with Crippen molar-refractivity contribution in [3.63, 3.8) is 0 Å². The number of hydrogen-bond donors (Lipinski definition) is 1. The topological polar surface area (TPSA) is 48.1 Å². The molecule has 2 heterocycles. The van der Waals surface area contributed by atoms with Gasteiger partial charge in [-0.15, -0.1) is 0 Å². The van der Waals surface area contributed by atoms with E-state index in [4.69, 9.17) is 16.3 Å². The van der Waals surface area contributed by atoms with Crippen molar-refractivity contribution in [3.8, 4) is 5.75 Å². The molecule has 1 N–H and O–H groups in total. The number of carbonyl (C=O) groups excluding carboxylic acids is 1. The molecule has 0 aliphatic carbocycles. The van der Waals surface area contributed by atoms with Crippen molar-refractivity contribution < 1.29 is 13.9 Å². The lowest BCUT2D eigenvalue weighted by Crippen LogP contribution is -2.56. The minimum atomic E-state index is -0.288. The molecule has 6 nitrogen and oxygen atoms in total. The van der Waals surface area contributed by atoms with Gasteiger partial charge in [0, 0.05) is 68.9 Å². The second kappa shape index (κ2) is 14.2. The maximum Gasteiger partial charge on any atom is 0.220 e. The van der Waals surface area contributed by atoms with Gasteiger partial charge in [0.05, 0.1) is 12.8 Å². The second-order valence-corrected chi connectivity index (χ2v) is 11.5. The number of ether oxygens (including phenoxy) is 1. The number of nitrogens with one attached hydrogen (secondary N) is 1. The molecule has 0 bridgehead atoms. The summed E-state index contributed by atoms with van der Waals surface area (Å²) < 4.78 is 19.6. The fourth-order valence-corrected chi connectivity index (χ4v) is 6.54. The predicted molar refractivity (Wildman–Crippen MR) is 163 cm³/mol. The molecule has 2 aliphatic heterocycles. The minimum absolute atomic E-state index is 0.0278. The van der Waals surface area contributed by atoms with Crippen LogP contribution < -0.4 is 15.0 Å². The van der Waals surface area contributed by atoms with Crippen LogP contribution in [0.3, 0.4) is 0 Å². The monoisotopic (exact) mass is 578 g/mol. The number of halogens is 2. The molecule has 0 unspecified atom stereocenters. The number of benzene rings is 3. The molecule has 0 spiro atoms. The average Bonchev–Trinajstić information content (AvgIpc) is 3.00. The number of piperazine rings is 1. The summed E-state index contributed by atoms with van der Waals surface area (Å²) in [5.41, 5.74) is 2.87. The first-order valence-electron chi connectivity index (χ1n) is 14.6. The molecular weight excluding hydrogens is 539 g/mol. The van der Waals surface area contributed by atoms with Crippen LogP contribution in [0.1, 0.15) is 30.4 Å². The fourth-order valence-electron chi connectivity index (χ4n) is 6.32. The Morgan fingerprint density at radius 2 is 1.78 bits per heavy atom. The van der Waals surface area contributed by atoms with Crippen LogP contribution in [-0.4, -0.2) is 68.1 Å². The highest BCUT2D eigenvalue weighted by Crippen LogP contribution is 2.32.